The van der Waals surface area contributed by atoms with Gasteiger partial charge in [0.15, 0.2) is 9.84 Å². The van der Waals surface area contributed by atoms with Gasteiger partial charge in [-0.05, 0) is 41.8 Å². The van der Waals surface area contributed by atoms with Gasteiger partial charge in [0.2, 0.25) is 0 Å². The van der Waals surface area contributed by atoms with E-state index in [-0.39, 0.29) is 10.7 Å². The lowest BCUT2D eigenvalue weighted by molar-refractivity contribution is 0.602. The van der Waals surface area contributed by atoms with E-state index in [0.717, 1.165) is 22.3 Å². The number of aryl methyl sites for hydroxylation is 1. The number of sulfone groups is 1. The molecule has 3 aromatic carbocycles. The fraction of sp³-hybridized carbons (Fsp3) is 0.125. The first-order valence-electron chi connectivity index (χ1n) is 9.50. The first-order chi connectivity index (χ1) is 14.3. The fourth-order valence-corrected chi connectivity index (χ4v) is 3.95. The van der Waals surface area contributed by atoms with Crippen LogP contribution in [0.3, 0.4) is 0 Å². The molecular weight excluding hydrogens is 399 g/mol. The molecule has 6 heteroatoms. The largest absolute Gasteiger partial charge is 0.267 e. The molecule has 0 unspecified atom stereocenters. The lowest BCUT2D eigenvalue weighted by Gasteiger charge is -2.05. The summed E-state index contributed by atoms with van der Waals surface area (Å²) < 4.78 is 39.6. The van der Waals surface area contributed by atoms with Gasteiger partial charge in [-0.1, -0.05) is 54.6 Å². The quantitative estimate of drug-likeness (QED) is 0.450. The zero-order valence-corrected chi connectivity index (χ0v) is 17.5. The Morgan fingerprint density at radius 1 is 0.933 bits per heavy atom. The zero-order valence-electron chi connectivity index (χ0n) is 16.7. The van der Waals surface area contributed by atoms with Crippen molar-refractivity contribution < 1.29 is 12.8 Å². The van der Waals surface area contributed by atoms with Gasteiger partial charge in [0.25, 0.3) is 0 Å². The van der Waals surface area contributed by atoms with Crippen molar-refractivity contribution in [3.8, 4) is 22.4 Å². The van der Waals surface area contributed by atoms with E-state index in [1.807, 2.05) is 47.3 Å². The molecule has 0 N–H and O–H groups in total. The van der Waals surface area contributed by atoms with Crippen molar-refractivity contribution in [1.82, 2.24) is 9.78 Å². The van der Waals surface area contributed by atoms with E-state index in [0.29, 0.717) is 17.8 Å². The van der Waals surface area contributed by atoms with Gasteiger partial charge in [-0.2, -0.15) is 5.10 Å². The highest BCUT2D eigenvalue weighted by molar-refractivity contribution is 7.90. The highest BCUT2D eigenvalue weighted by Crippen LogP contribution is 2.32. The van der Waals surface area contributed by atoms with Crippen LogP contribution < -0.4 is 0 Å². The predicted molar refractivity (Wildman–Crippen MR) is 116 cm³/mol. The third kappa shape index (κ3) is 4.19. The Morgan fingerprint density at radius 3 is 2.23 bits per heavy atom. The Labute approximate surface area is 175 Å². The summed E-state index contributed by atoms with van der Waals surface area (Å²) in [6.45, 7) is 2.30. The van der Waals surface area contributed by atoms with E-state index in [1.54, 1.807) is 37.3 Å². The maximum Gasteiger partial charge on any atom is 0.175 e. The summed E-state index contributed by atoms with van der Waals surface area (Å²) >= 11 is 0. The third-order valence-corrected chi connectivity index (χ3v) is 6.12. The van der Waals surface area contributed by atoms with Crippen LogP contribution in [0.25, 0.3) is 22.4 Å². The molecule has 1 heterocycles. The highest BCUT2D eigenvalue weighted by atomic mass is 32.2. The predicted octanol–water partition coefficient (Wildman–Crippen LogP) is 5.12. The molecule has 0 aliphatic rings. The van der Waals surface area contributed by atoms with E-state index in [2.05, 4.69) is 0 Å². The first kappa shape index (κ1) is 20.0. The van der Waals surface area contributed by atoms with Crippen LogP contribution in [-0.2, 0) is 16.4 Å². The average molecular weight is 421 g/mol. The van der Waals surface area contributed by atoms with Crippen molar-refractivity contribution in [1.29, 1.82) is 0 Å². The van der Waals surface area contributed by atoms with Crippen molar-refractivity contribution in [2.45, 2.75) is 18.4 Å². The molecule has 0 amide bonds. The maximum absolute atomic E-state index is 14.2. The summed E-state index contributed by atoms with van der Waals surface area (Å²) in [5.74, 6) is -0.276. The summed E-state index contributed by atoms with van der Waals surface area (Å²) in [7, 11) is -3.29. The first-order valence-corrected chi connectivity index (χ1v) is 11.4. The summed E-state index contributed by atoms with van der Waals surface area (Å²) in [5, 5.41) is 4.74. The fourth-order valence-electron chi connectivity index (χ4n) is 3.32. The minimum Gasteiger partial charge on any atom is -0.267 e. The number of hydrogen-bond donors (Lipinski definition) is 0. The van der Waals surface area contributed by atoms with Crippen molar-refractivity contribution in [3.63, 3.8) is 0 Å². The lowest BCUT2D eigenvalue weighted by Crippen LogP contribution is -2.00. The molecule has 4 rings (SSSR count). The van der Waals surface area contributed by atoms with Crippen LogP contribution in [0.1, 0.15) is 11.1 Å². The Kier molecular flexibility index (Phi) is 5.26. The Hall–Kier alpha value is -3.25. The molecule has 4 aromatic rings. The van der Waals surface area contributed by atoms with Crippen LogP contribution in [0, 0.1) is 12.7 Å². The molecule has 0 saturated carbocycles. The van der Waals surface area contributed by atoms with E-state index in [9.17, 15) is 12.8 Å². The van der Waals surface area contributed by atoms with Crippen molar-refractivity contribution >= 4 is 9.84 Å². The second-order valence-electron chi connectivity index (χ2n) is 7.34. The molecule has 0 spiro atoms. The molecule has 0 fully saturated rings. The molecule has 1 aromatic heterocycles. The van der Waals surface area contributed by atoms with Crippen LogP contribution >= 0.6 is 0 Å². The Balaban J connectivity index is 1.81. The number of rotatable bonds is 5. The Bertz CT molecular complexity index is 1300. The SMILES string of the molecule is Cc1ccc(-c2cn(Cc3ccccc3)nc2-c2ccc(S(C)(=O)=O)cc2)cc1F. The molecule has 0 aliphatic heterocycles. The maximum atomic E-state index is 14.2. The van der Waals surface area contributed by atoms with Gasteiger partial charge in [0.1, 0.15) is 11.5 Å². The molecule has 4 nitrogen and oxygen atoms in total. The normalized spacial score (nSPS) is 11.6. The van der Waals surface area contributed by atoms with Crippen LogP contribution in [0.5, 0.6) is 0 Å². The second-order valence-corrected chi connectivity index (χ2v) is 9.35. The summed E-state index contributed by atoms with van der Waals surface area (Å²) in [5.41, 5.74) is 4.63. The molecule has 0 aliphatic carbocycles. The molecule has 152 valence electrons. The van der Waals surface area contributed by atoms with Crippen molar-refractivity contribution in [2.24, 2.45) is 0 Å². The number of aromatic nitrogens is 2. The van der Waals surface area contributed by atoms with E-state index in [4.69, 9.17) is 5.10 Å². The standard InChI is InChI=1S/C24H21FN2O2S/c1-17-8-9-20(14-23(17)25)22-16-27(15-18-6-4-3-5-7-18)26-24(22)19-10-12-21(13-11-19)30(2,28)29/h3-14,16H,15H2,1-2H3. The molecule has 0 bridgehead atoms. The Morgan fingerprint density at radius 2 is 1.60 bits per heavy atom. The van der Waals surface area contributed by atoms with Crippen molar-refractivity contribution in [2.75, 3.05) is 6.26 Å². The monoisotopic (exact) mass is 420 g/mol. The van der Waals surface area contributed by atoms with Gasteiger partial charge in [-0.3, -0.25) is 4.68 Å². The summed E-state index contributed by atoms with van der Waals surface area (Å²) in [4.78, 5) is 0.248. The van der Waals surface area contributed by atoms with Gasteiger partial charge >= 0.3 is 0 Å². The summed E-state index contributed by atoms with van der Waals surface area (Å²) in [6, 6.07) is 21.7. The molecule has 0 saturated heterocycles. The summed E-state index contributed by atoms with van der Waals surface area (Å²) in [6.07, 6.45) is 3.08. The molecule has 0 atom stereocenters. The molecular formula is C24H21FN2O2S. The van der Waals surface area contributed by atoms with E-state index >= 15 is 0 Å². The highest BCUT2D eigenvalue weighted by Gasteiger charge is 2.16. The van der Waals surface area contributed by atoms with Crippen LogP contribution in [0.2, 0.25) is 0 Å². The second kappa shape index (κ2) is 7.88. The van der Waals surface area contributed by atoms with Crippen LogP contribution in [0.4, 0.5) is 4.39 Å². The molecule has 30 heavy (non-hydrogen) atoms. The van der Waals surface area contributed by atoms with Gasteiger partial charge in [-0.25, -0.2) is 12.8 Å². The van der Waals surface area contributed by atoms with Crippen LogP contribution in [0.15, 0.2) is 83.9 Å². The lowest BCUT2D eigenvalue weighted by atomic mass is 10.0. The van der Waals surface area contributed by atoms with Crippen molar-refractivity contribution in [3.05, 3.63) is 95.9 Å². The zero-order chi connectivity index (χ0) is 21.3. The van der Waals surface area contributed by atoms with Crippen LogP contribution in [-0.4, -0.2) is 24.5 Å². The topological polar surface area (TPSA) is 52.0 Å². The number of halogens is 1. The minimum absolute atomic E-state index is 0.248. The molecule has 0 radical (unpaired) electrons. The van der Waals surface area contributed by atoms with E-state index < -0.39 is 9.84 Å². The third-order valence-electron chi connectivity index (χ3n) is 4.99. The van der Waals surface area contributed by atoms with Gasteiger partial charge in [-0.15, -0.1) is 0 Å². The van der Waals surface area contributed by atoms with Gasteiger partial charge < -0.3 is 0 Å². The number of hydrogen-bond acceptors (Lipinski definition) is 3. The van der Waals surface area contributed by atoms with E-state index in [1.165, 1.54) is 12.3 Å². The van der Waals surface area contributed by atoms with Gasteiger partial charge in [0, 0.05) is 23.6 Å². The number of benzene rings is 3. The average Bonchev–Trinajstić information content (AvgIpc) is 3.14. The van der Waals surface area contributed by atoms with Gasteiger partial charge in [0.05, 0.1) is 11.4 Å². The number of nitrogens with zero attached hydrogens (tertiary/aromatic N) is 2. The smallest absolute Gasteiger partial charge is 0.175 e. The minimum atomic E-state index is -3.29.